The predicted molar refractivity (Wildman–Crippen MR) is 126 cm³/mol. The van der Waals surface area contributed by atoms with Crippen molar-refractivity contribution in [1.82, 2.24) is 4.31 Å². The Kier molecular flexibility index (Phi) is 6.65. The highest BCUT2D eigenvalue weighted by molar-refractivity contribution is 7.89. The minimum atomic E-state index is -3.77. The van der Waals surface area contributed by atoms with Crippen molar-refractivity contribution in [2.75, 3.05) is 23.7 Å². The van der Waals surface area contributed by atoms with E-state index < -0.39 is 16.1 Å². The van der Waals surface area contributed by atoms with Crippen molar-refractivity contribution in [2.45, 2.75) is 44.1 Å². The lowest BCUT2D eigenvalue weighted by Gasteiger charge is -2.31. The number of amides is 2. The lowest BCUT2D eigenvalue weighted by atomic mass is 9.97. The molecule has 0 aromatic heterocycles. The van der Waals surface area contributed by atoms with Crippen molar-refractivity contribution in [3.05, 3.63) is 47.0 Å². The molecule has 0 unspecified atom stereocenters. The molecule has 0 bridgehead atoms. The molecule has 8 nitrogen and oxygen atoms in total. The summed E-state index contributed by atoms with van der Waals surface area (Å²) in [6.07, 6.45) is 0.757. The zero-order valence-electron chi connectivity index (χ0n) is 18.4. The number of hydrogen-bond acceptors (Lipinski definition) is 5. The van der Waals surface area contributed by atoms with Crippen LogP contribution in [0.1, 0.15) is 31.7 Å². The number of sulfonamides is 1. The number of aryl methyl sites for hydroxylation is 1. The number of nitrogens with zero attached hydrogens (tertiary/aromatic N) is 1. The van der Waals surface area contributed by atoms with Crippen LogP contribution >= 0.6 is 11.6 Å². The van der Waals surface area contributed by atoms with Gasteiger partial charge in [-0.1, -0.05) is 24.6 Å². The summed E-state index contributed by atoms with van der Waals surface area (Å²) >= 11 is 6.12. The maximum absolute atomic E-state index is 13.2. The van der Waals surface area contributed by atoms with Gasteiger partial charge < -0.3 is 15.4 Å². The number of anilines is 2. The zero-order valence-corrected chi connectivity index (χ0v) is 20.0. The van der Waals surface area contributed by atoms with E-state index in [0.717, 1.165) is 5.56 Å². The first kappa shape index (κ1) is 23.5. The SMILES string of the molecule is CC[C@@H]1Oc2ccc(S(=O)(=O)N3CCC(C(=O)Nc4ccc(C)c(Cl)c4)CC3)cc2NC1=O. The molecule has 2 aromatic rings. The highest BCUT2D eigenvalue weighted by Gasteiger charge is 2.34. The van der Waals surface area contributed by atoms with Gasteiger partial charge in [0.05, 0.1) is 10.6 Å². The molecule has 4 rings (SSSR count). The lowest BCUT2D eigenvalue weighted by Crippen LogP contribution is -2.41. The monoisotopic (exact) mass is 491 g/mol. The van der Waals surface area contributed by atoms with E-state index in [1.165, 1.54) is 16.4 Å². The van der Waals surface area contributed by atoms with Gasteiger partial charge in [-0.15, -0.1) is 0 Å². The fraction of sp³-hybridized carbons (Fsp3) is 0.391. The summed E-state index contributed by atoms with van der Waals surface area (Å²) in [5.41, 5.74) is 1.89. The second-order valence-electron chi connectivity index (χ2n) is 8.29. The van der Waals surface area contributed by atoms with Crippen LogP contribution in [0.25, 0.3) is 0 Å². The molecule has 176 valence electrons. The highest BCUT2D eigenvalue weighted by atomic mass is 35.5. The van der Waals surface area contributed by atoms with Crippen LogP contribution in [0.3, 0.4) is 0 Å². The summed E-state index contributed by atoms with van der Waals surface area (Å²) < 4.78 is 33.4. The molecule has 2 aliphatic heterocycles. The molecule has 2 aromatic carbocycles. The Morgan fingerprint density at radius 2 is 1.94 bits per heavy atom. The number of carbonyl (C=O) groups excluding carboxylic acids is 2. The Labute approximate surface area is 198 Å². The molecule has 1 fully saturated rings. The van der Waals surface area contributed by atoms with E-state index in [2.05, 4.69) is 10.6 Å². The van der Waals surface area contributed by atoms with Gasteiger partial charge in [-0.3, -0.25) is 9.59 Å². The average Bonchev–Trinajstić information content (AvgIpc) is 2.80. The van der Waals surface area contributed by atoms with Crippen LogP contribution < -0.4 is 15.4 Å². The Morgan fingerprint density at radius 3 is 2.61 bits per heavy atom. The smallest absolute Gasteiger partial charge is 0.265 e. The molecule has 10 heteroatoms. The largest absolute Gasteiger partial charge is 0.478 e. The van der Waals surface area contributed by atoms with Crippen LogP contribution in [0.15, 0.2) is 41.3 Å². The third-order valence-electron chi connectivity index (χ3n) is 6.04. The summed E-state index contributed by atoms with van der Waals surface area (Å²) in [6.45, 7) is 4.18. The lowest BCUT2D eigenvalue weighted by molar-refractivity contribution is -0.123. The maximum Gasteiger partial charge on any atom is 0.265 e. The minimum Gasteiger partial charge on any atom is -0.478 e. The van der Waals surface area contributed by atoms with Crippen LogP contribution in [-0.2, 0) is 19.6 Å². The second kappa shape index (κ2) is 9.32. The molecule has 2 aliphatic rings. The van der Waals surface area contributed by atoms with Gasteiger partial charge in [0.25, 0.3) is 5.91 Å². The highest BCUT2D eigenvalue weighted by Crippen LogP contribution is 2.34. The van der Waals surface area contributed by atoms with Gasteiger partial charge in [0, 0.05) is 29.7 Å². The van der Waals surface area contributed by atoms with E-state index in [4.69, 9.17) is 16.3 Å². The van der Waals surface area contributed by atoms with Crippen molar-refractivity contribution >= 4 is 44.8 Å². The molecular weight excluding hydrogens is 466 g/mol. The number of benzene rings is 2. The van der Waals surface area contributed by atoms with Crippen molar-refractivity contribution in [3.8, 4) is 5.75 Å². The summed E-state index contributed by atoms with van der Waals surface area (Å²) in [6, 6.07) is 9.81. The molecule has 1 saturated heterocycles. The Morgan fingerprint density at radius 1 is 1.21 bits per heavy atom. The van der Waals surface area contributed by atoms with E-state index >= 15 is 0 Å². The molecule has 1 atom stereocenters. The van der Waals surface area contributed by atoms with Crippen LogP contribution in [-0.4, -0.2) is 43.7 Å². The number of carbonyl (C=O) groups is 2. The number of rotatable bonds is 5. The first-order chi connectivity index (χ1) is 15.7. The van der Waals surface area contributed by atoms with Gasteiger partial charge >= 0.3 is 0 Å². The van der Waals surface area contributed by atoms with Gasteiger partial charge in [-0.25, -0.2) is 8.42 Å². The number of hydrogen-bond donors (Lipinski definition) is 2. The van der Waals surface area contributed by atoms with Crippen molar-refractivity contribution < 1.29 is 22.7 Å². The Bertz CT molecular complexity index is 1190. The first-order valence-corrected chi connectivity index (χ1v) is 12.7. The van der Waals surface area contributed by atoms with Gasteiger partial charge in [0.2, 0.25) is 15.9 Å². The number of ether oxygens (including phenoxy) is 1. The number of nitrogens with one attached hydrogen (secondary N) is 2. The van der Waals surface area contributed by atoms with Crippen LogP contribution in [0.5, 0.6) is 5.75 Å². The maximum atomic E-state index is 13.2. The fourth-order valence-corrected chi connectivity index (χ4v) is 5.66. The first-order valence-electron chi connectivity index (χ1n) is 10.9. The van der Waals surface area contributed by atoms with Crippen molar-refractivity contribution in [1.29, 1.82) is 0 Å². The second-order valence-corrected chi connectivity index (χ2v) is 10.6. The van der Waals surface area contributed by atoms with Crippen LogP contribution in [0.2, 0.25) is 5.02 Å². The molecule has 0 radical (unpaired) electrons. The van der Waals surface area contributed by atoms with E-state index in [0.29, 0.717) is 41.4 Å². The van der Waals surface area contributed by atoms with Gasteiger partial charge in [0.15, 0.2) is 6.10 Å². The minimum absolute atomic E-state index is 0.0808. The van der Waals surface area contributed by atoms with Gasteiger partial charge in [-0.2, -0.15) is 4.31 Å². The molecule has 2 N–H and O–H groups in total. The number of fused-ring (bicyclic) bond motifs is 1. The number of halogens is 1. The Hall–Kier alpha value is -2.62. The molecule has 0 spiro atoms. The van der Waals surface area contributed by atoms with Gasteiger partial charge in [0.1, 0.15) is 5.75 Å². The topological polar surface area (TPSA) is 105 Å². The standard InChI is InChI=1S/C23H26ClN3O5S/c1-3-20-23(29)26-19-13-17(6-7-21(19)32-20)33(30,31)27-10-8-15(9-11-27)22(28)25-16-5-4-14(2)18(24)12-16/h4-7,12-13,15,20H,3,8-11H2,1-2H3,(H,25,28)(H,26,29)/t20-/m0/s1. The summed E-state index contributed by atoms with van der Waals surface area (Å²) in [5, 5.41) is 6.16. The zero-order chi connectivity index (χ0) is 23.8. The third kappa shape index (κ3) is 4.85. The normalized spacial score (nSPS) is 19.4. The van der Waals surface area contributed by atoms with Crippen LogP contribution in [0.4, 0.5) is 11.4 Å². The van der Waals surface area contributed by atoms with E-state index in [9.17, 15) is 18.0 Å². The summed E-state index contributed by atoms with van der Waals surface area (Å²) in [4.78, 5) is 24.8. The average molecular weight is 492 g/mol. The molecule has 0 saturated carbocycles. The van der Waals surface area contributed by atoms with Crippen molar-refractivity contribution in [2.24, 2.45) is 5.92 Å². The molecule has 2 heterocycles. The van der Waals surface area contributed by atoms with E-state index in [1.54, 1.807) is 18.2 Å². The Balaban J connectivity index is 1.41. The van der Waals surface area contributed by atoms with Crippen LogP contribution in [0, 0.1) is 12.8 Å². The molecule has 33 heavy (non-hydrogen) atoms. The van der Waals surface area contributed by atoms with E-state index in [-0.39, 0.29) is 35.7 Å². The van der Waals surface area contributed by atoms with Crippen molar-refractivity contribution in [3.63, 3.8) is 0 Å². The molecular formula is C23H26ClN3O5S. The summed E-state index contributed by atoms with van der Waals surface area (Å²) in [5.74, 6) is -0.280. The molecule has 0 aliphatic carbocycles. The fourth-order valence-electron chi connectivity index (χ4n) is 3.98. The summed E-state index contributed by atoms with van der Waals surface area (Å²) in [7, 11) is -3.77. The number of piperidine rings is 1. The van der Waals surface area contributed by atoms with E-state index in [1.807, 2.05) is 19.9 Å². The third-order valence-corrected chi connectivity index (χ3v) is 8.35. The van der Waals surface area contributed by atoms with Gasteiger partial charge in [-0.05, 0) is 62.1 Å². The predicted octanol–water partition coefficient (Wildman–Crippen LogP) is 3.80. The quantitative estimate of drug-likeness (QED) is 0.662. The molecule has 2 amide bonds.